The molecule has 2 rings (SSSR count). The van der Waals surface area contributed by atoms with Crippen LogP contribution in [0.5, 0.6) is 5.88 Å². The van der Waals surface area contributed by atoms with Crippen LogP contribution in [0.1, 0.15) is 5.69 Å². The van der Waals surface area contributed by atoms with E-state index < -0.39 is 16.0 Å². The molecule has 0 bridgehead atoms. The van der Waals surface area contributed by atoms with Crippen LogP contribution in [0.3, 0.4) is 0 Å². The summed E-state index contributed by atoms with van der Waals surface area (Å²) in [7, 11) is -3.22. The molecule has 15 heavy (non-hydrogen) atoms. The molecule has 0 radical (unpaired) electrons. The summed E-state index contributed by atoms with van der Waals surface area (Å²) in [4.78, 5) is 4.58. The van der Waals surface area contributed by atoms with Gasteiger partial charge in [-0.1, -0.05) is 0 Å². The van der Waals surface area contributed by atoms with Crippen molar-refractivity contribution < 1.29 is 17.0 Å². The third kappa shape index (κ3) is 1.95. The summed E-state index contributed by atoms with van der Waals surface area (Å²) in [5, 5.41) is 1.73. The zero-order chi connectivity index (χ0) is 11.1. The molecule has 2 aromatic rings. The molecule has 0 N–H and O–H groups in total. The van der Waals surface area contributed by atoms with Gasteiger partial charge in [0.1, 0.15) is 11.4 Å². The zero-order valence-corrected chi connectivity index (χ0v) is 9.31. The monoisotopic (exact) mass is 250 g/mol. The van der Waals surface area contributed by atoms with Crippen molar-refractivity contribution in [2.75, 3.05) is 7.11 Å². The van der Waals surface area contributed by atoms with Gasteiger partial charge >= 0.3 is 10.2 Å². The van der Waals surface area contributed by atoms with Crippen molar-refractivity contribution in [2.45, 2.75) is 5.75 Å². The lowest BCUT2D eigenvalue weighted by atomic mass is 10.5. The standard InChI is InChI=1S/C7H7FN2O3S2/c1-13-6-5(4-15(8,11)12)10-2-3-14-7(10)9-6/h2-3H,4H2,1H3. The summed E-state index contributed by atoms with van der Waals surface area (Å²) >= 11 is 1.32. The van der Waals surface area contributed by atoms with Crippen LogP contribution in [-0.2, 0) is 16.0 Å². The van der Waals surface area contributed by atoms with E-state index in [1.54, 1.807) is 11.6 Å². The number of ether oxygens (including phenoxy) is 1. The van der Waals surface area contributed by atoms with Crippen molar-refractivity contribution >= 4 is 26.5 Å². The molecule has 0 aliphatic rings. The van der Waals surface area contributed by atoms with Crippen LogP contribution in [0.15, 0.2) is 11.6 Å². The molecule has 0 fully saturated rings. The molecule has 0 saturated heterocycles. The van der Waals surface area contributed by atoms with Crippen molar-refractivity contribution in [3.05, 3.63) is 17.3 Å². The lowest BCUT2D eigenvalue weighted by Gasteiger charge is -1.98. The van der Waals surface area contributed by atoms with Crippen molar-refractivity contribution in [3.8, 4) is 5.88 Å². The van der Waals surface area contributed by atoms with Gasteiger partial charge in [0.2, 0.25) is 5.88 Å². The van der Waals surface area contributed by atoms with Gasteiger partial charge in [0, 0.05) is 11.6 Å². The summed E-state index contributed by atoms with van der Waals surface area (Å²) in [6, 6.07) is 0. The maximum Gasteiger partial charge on any atom is 0.308 e. The number of aromatic nitrogens is 2. The van der Waals surface area contributed by atoms with Gasteiger partial charge in [-0.3, -0.25) is 4.40 Å². The van der Waals surface area contributed by atoms with E-state index in [0.717, 1.165) is 0 Å². The van der Waals surface area contributed by atoms with Crippen LogP contribution in [0.2, 0.25) is 0 Å². The number of thiazole rings is 1. The van der Waals surface area contributed by atoms with Gasteiger partial charge in [0.15, 0.2) is 4.96 Å². The average Bonchev–Trinajstić information content (AvgIpc) is 2.65. The fourth-order valence-corrected chi connectivity index (χ4v) is 2.58. The third-order valence-electron chi connectivity index (χ3n) is 1.83. The fourth-order valence-electron chi connectivity index (χ4n) is 1.27. The van der Waals surface area contributed by atoms with Crippen LogP contribution in [0.25, 0.3) is 4.96 Å². The van der Waals surface area contributed by atoms with E-state index in [1.807, 2.05) is 0 Å². The molecule has 0 aliphatic heterocycles. The van der Waals surface area contributed by atoms with Crippen LogP contribution >= 0.6 is 11.3 Å². The highest BCUT2D eigenvalue weighted by Gasteiger charge is 2.20. The summed E-state index contributed by atoms with van der Waals surface area (Å²) in [6.07, 6.45) is 1.62. The smallest absolute Gasteiger partial charge is 0.308 e. The van der Waals surface area contributed by atoms with Gasteiger partial charge in [-0.15, -0.1) is 15.2 Å². The molecule has 0 amide bonds. The molecule has 2 heterocycles. The minimum atomic E-state index is -4.59. The Morgan fingerprint density at radius 3 is 3.00 bits per heavy atom. The quantitative estimate of drug-likeness (QED) is 0.768. The van der Waals surface area contributed by atoms with Gasteiger partial charge in [0.25, 0.3) is 0 Å². The van der Waals surface area contributed by atoms with E-state index >= 15 is 0 Å². The molecule has 0 spiro atoms. The highest BCUT2D eigenvalue weighted by Crippen LogP contribution is 2.25. The second-order valence-corrected chi connectivity index (χ2v) is 5.05. The van der Waals surface area contributed by atoms with Crippen molar-refractivity contribution in [1.29, 1.82) is 0 Å². The molecule has 0 atom stereocenters. The van der Waals surface area contributed by atoms with Crippen molar-refractivity contribution in [2.24, 2.45) is 0 Å². The van der Waals surface area contributed by atoms with Gasteiger partial charge < -0.3 is 4.74 Å². The number of fused-ring (bicyclic) bond motifs is 1. The Labute approximate surface area is 89.3 Å². The number of hydrogen-bond acceptors (Lipinski definition) is 5. The third-order valence-corrected chi connectivity index (χ3v) is 3.20. The Bertz CT molecular complexity index is 586. The average molecular weight is 250 g/mol. The first-order valence-electron chi connectivity index (χ1n) is 3.92. The lowest BCUT2D eigenvalue weighted by molar-refractivity contribution is 0.396. The Kier molecular flexibility index (Phi) is 2.39. The highest BCUT2D eigenvalue weighted by molar-refractivity contribution is 7.85. The first-order chi connectivity index (χ1) is 7.01. The summed E-state index contributed by atoms with van der Waals surface area (Å²) in [6.45, 7) is 0. The summed E-state index contributed by atoms with van der Waals surface area (Å²) in [5.41, 5.74) is 0.205. The molecular formula is C7H7FN2O3S2. The Hall–Kier alpha value is -1.15. The van der Waals surface area contributed by atoms with Gasteiger partial charge in [-0.05, 0) is 0 Å². The number of nitrogens with zero attached hydrogens (tertiary/aromatic N) is 2. The predicted molar refractivity (Wildman–Crippen MR) is 53.4 cm³/mol. The number of imidazole rings is 1. The molecule has 0 saturated carbocycles. The molecule has 0 aliphatic carbocycles. The van der Waals surface area contributed by atoms with Crippen molar-refractivity contribution in [1.82, 2.24) is 9.38 Å². The first kappa shape index (κ1) is 10.4. The van der Waals surface area contributed by atoms with E-state index in [0.29, 0.717) is 4.96 Å². The van der Waals surface area contributed by atoms with Crippen molar-refractivity contribution in [3.63, 3.8) is 0 Å². The van der Waals surface area contributed by atoms with Crippen LogP contribution < -0.4 is 4.74 Å². The second kappa shape index (κ2) is 3.46. The van der Waals surface area contributed by atoms with Gasteiger partial charge in [-0.25, -0.2) is 0 Å². The summed E-state index contributed by atoms with van der Waals surface area (Å²) < 4.78 is 40.1. The van der Waals surface area contributed by atoms with Crippen LogP contribution in [0.4, 0.5) is 3.89 Å². The number of halogens is 1. The molecule has 0 unspecified atom stereocenters. The number of methoxy groups -OCH3 is 1. The topological polar surface area (TPSA) is 60.7 Å². The Balaban J connectivity index is 2.59. The minimum absolute atomic E-state index is 0.142. The highest BCUT2D eigenvalue weighted by atomic mass is 32.3. The van der Waals surface area contributed by atoms with E-state index in [9.17, 15) is 12.3 Å². The SMILES string of the molecule is COc1nc2sccn2c1CS(=O)(=O)F. The Morgan fingerprint density at radius 2 is 2.40 bits per heavy atom. The fraction of sp³-hybridized carbons (Fsp3) is 0.286. The maximum absolute atomic E-state index is 12.6. The minimum Gasteiger partial charge on any atom is -0.480 e. The number of hydrogen-bond donors (Lipinski definition) is 0. The van der Waals surface area contributed by atoms with Crippen LogP contribution in [-0.4, -0.2) is 24.9 Å². The molecular weight excluding hydrogens is 243 g/mol. The number of rotatable bonds is 3. The molecule has 5 nitrogen and oxygen atoms in total. The van der Waals surface area contributed by atoms with E-state index in [4.69, 9.17) is 4.74 Å². The first-order valence-corrected chi connectivity index (χ1v) is 6.35. The largest absolute Gasteiger partial charge is 0.480 e. The predicted octanol–water partition coefficient (Wildman–Crippen LogP) is 1.20. The van der Waals surface area contributed by atoms with Gasteiger partial charge in [0.05, 0.1) is 7.11 Å². The van der Waals surface area contributed by atoms with Gasteiger partial charge in [-0.2, -0.15) is 13.4 Å². The molecule has 8 heteroatoms. The zero-order valence-electron chi connectivity index (χ0n) is 7.68. The van der Waals surface area contributed by atoms with E-state index in [-0.39, 0.29) is 11.6 Å². The second-order valence-electron chi connectivity index (χ2n) is 2.81. The molecule has 82 valence electrons. The van der Waals surface area contributed by atoms with Crippen LogP contribution in [0, 0.1) is 0 Å². The molecule has 2 aromatic heterocycles. The molecule has 0 aromatic carbocycles. The summed E-state index contributed by atoms with van der Waals surface area (Å²) in [5.74, 6) is -0.586. The lowest BCUT2D eigenvalue weighted by Crippen LogP contribution is -2.01. The van der Waals surface area contributed by atoms with E-state index in [1.165, 1.54) is 22.8 Å². The maximum atomic E-state index is 12.6. The van der Waals surface area contributed by atoms with E-state index in [2.05, 4.69) is 4.98 Å². The normalized spacial score (nSPS) is 12.1. The Morgan fingerprint density at radius 1 is 1.67 bits per heavy atom.